The van der Waals surface area contributed by atoms with E-state index in [1.54, 1.807) is 6.07 Å². The first-order chi connectivity index (χ1) is 12.5. The lowest BCUT2D eigenvalue weighted by Gasteiger charge is -2.24. The van der Waals surface area contributed by atoms with Crippen LogP contribution >= 0.6 is 0 Å². The van der Waals surface area contributed by atoms with Crippen molar-refractivity contribution >= 4 is 17.5 Å². The lowest BCUT2D eigenvalue weighted by molar-refractivity contribution is -0.117. The van der Waals surface area contributed by atoms with Crippen LogP contribution in [-0.2, 0) is 9.53 Å². The number of furan rings is 1. The van der Waals surface area contributed by atoms with Crippen LogP contribution < -0.4 is 5.32 Å². The van der Waals surface area contributed by atoms with Crippen LogP contribution in [0, 0.1) is 13.8 Å². The fourth-order valence-corrected chi connectivity index (χ4v) is 3.07. The zero-order valence-electron chi connectivity index (χ0n) is 15.2. The molecule has 1 fully saturated rings. The number of rotatable bonds is 6. The van der Waals surface area contributed by atoms with Crippen molar-refractivity contribution in [2.24, 2.45) is 0 Å². The average molecular weight is 356 g/mol. The Morgan fingerprint density at radius 1 is 1.27 bits per heavy atom. The molecule has 1 saturated heterocycles. The van der Waals surface area contributed by atoms with E-state index in [1.807, 2.05) is 32.0 Å². The second-order valence-electron chi connectivity index (χ2n) is 6.63. The summed E-state index contributed by atoms with van der Waals surface area (Å²) in [5, 5.41) is 2.91. The molecule has 2 heterocycles. The van der Waals surface area contributed by atoms with Gasteiger partial charge >= 0.3 is 0 Å². The van der Waals surface area contributed by atoms with E-state index in [-0.39, 0.29) is 24.5 Å². The highest BCUT2D eigenvalue weighted by molar-refractivity contribution is 5.99. The van der Waals surface area contributed by atoms with Gasteiger partial charge in [-0.2, -0.15) is 0 Å². The summed E-state index contributed by atoms with van der Waals surface area (Å²) >= 11 is 0. The zero-order valence-corrected chi connectivity index (χ0v) is 15.2. The van der Waals surface area contributed by atoms with Gasteiger partial charge in [0.1, 0.15) is 12.8 Å². The van der Waals surface area contributed by atoms with Crippen LogP contribution in [0.25, 0.3) is 0 Å². The molecule has 1 atom stereocenters. The lowest BCUT2D eigenvalue weighted by Crippen LogP contribution is -2.42. The smallest absolute Gasteiger partial charge is 0.257 e. The first kappa shape index (κ1) is 18.2. The third-order valence-corrected chi connectivity index (χ3v) is 4.72. The Morgan fingerprint density at radius 3 is 2.81 bits per heavy atom. The summed E-state index contributed by atoms with van der Waals surface area (Å²) in [4.78, 5) is 26.8. The molecule has 1 aliphatic rings. The Balaban J connectivity index is 1.70. The molecule has 1 N–H and O–H groups in total. The summed E-state index contributed by atoms with van der Waals surface area (Å²) in [6.07, 6.45) is 4.70. The van der Waals surface area contributed by atoms with Gasteiger partial charge in [0.25, 0.3) is 5.91 Å². The second-order valence-corrected chi connectivity index (χ2v) is 6.63. The van der Waals surface area contributed by atoms with Gasteiger partial charge in [-0.1, -0.05) is 12.1 Å². The molecular weight excluding hydrogens is 332 g/mol. The third kappa shape index (κ3) is 4.32. The highest BCUT2D eigenvalue weighted by Gasteiger charge is 2.26. The quantitative estimate of drug-likeness (QED) is 0.863. The van der Waals surface area contributed by atoms with Gasteiger partial charge in [-0.25, -0.2) is 0 Å². The third-order valence-electron chi connectivity index (χ3n) is 4.72. The fourth-order valence-electron chi connectivity index (χ4n) is 3.07. The van der Waals surface area contributed by atoms with Crippen molar-refractivity contribution < 1.29 is 18.7 Å². The van der Waals surface area contributed by atoms with Gasteiger partial charge in [-0.15, -0.1) is 0 Å². The predicted octanol–water partition coefficient (Wildman–Crippen LogP) is 3.16. The number of hydrogen-bond donors (Lipinski definition) is 1. The van der Waals surface area contributed by atoms with Crippen LogP contribution in [0.3, 0.4) is 0 Å². The number of nitrogens with one attached hydrogen (secondary N) is 1. The second kappa shape index (κ2) is 8.19. The molecule has 0 bridgehead atoms. The van der Waals surface area contributed by atoms with E-state index in [9.17, 15) is 9.59 Å². The van der Waals surface area contributed by atoms with Crippen molar-refractivity contribution in [3.05, 3.63) is 53.5 Å². The van der Waals surface area contributed by atoms with Crippen molar-refractivity contribution in [2.45, 2.75) is 32.8 Å². The highest BCUT2D eigenvalue weighted by atomic mass is 16.5. The van der Waals surface area contributed by atoms with E-state index >= 15 is 0 Å². The van der Waals surface area contributed by atoms with Crippen molar-refractivity contribution in [3.8, 4) is 0 Å². The summed E-state index contributed by atoms with van der Waals surface area (Å²) < 4.78 is 10.6. The number of ether oxygens (including phenoxy) is 1. The Bertz CT molecular complexity index is 764. The first-order valence-electron chi connectivity index (χ1n) is 8.83. The Hall–Kier alpha value is -2.60. The van der Waals surface area contributed by atoms with Crippen molar-refractivity contribution in [1.82, 2.24) is 4.90 Å². The number of carbonyl (C=O) groups excluding carboxylic acids is 2. The molecule has 0 radical (unpaired) electrons. The number of nitrogens with zero attached hydrogens (tertiary/aromatic N) is 1. The number of hydrogen-bond acceptors (Lipinski definition) is 4. The van der Waals surface area contributed by atoms with Crippen molar-refractivity contribution in [2.75, 3.05) is 25.0 Å². The number of benzene rings is 1. The first-order valence-corrected chi connectivity index (χ1v) is 8.83. The zero-order chi connectivity index (χ0) is 18.5. The summed E-state index contributed by atoms with van der Waals surface area (Å²) in [5.41, 5.74) is 3.33. The predicted molar refractivity (Wildman–Crippen MR) is 98.1 cm³/mol. The normalized spacial score (nSPS) is 16.5. The molecule has 26 heavy (non-hydrogen) atoms. The van der Waals surface area contributed by atoms with Gasteiger partial charge in [0, 0.05) is 18.8 Å². The molecule has 3 rings (SSSR count). The molecular formula is C20H24N2O4. The van der Waals surface area contributed by atoms with Crippen LogP contribution in [0.15, 0.2) is 41.2 Å². The molecule has 0 spiro atoms. The number of aryl methyl sites for hydroxylation is 1. The molecule has 6 heteroatoms. The Morgan fingerprint density at radius 2 is 2.12 bits per heavy atom. The van der Waals surface area contributed by atoms with E-state index < -0.39 is 0 Å². The van der Waals surface area contributed by atoms with E-state index in [1.165, 1.54) is 17.4 Å². The maximum Gasteiger partial charge on any atom is 0.257 e. The van der Waals surface area contributed by atoms with Gasteiger partial charge in [0.2, 0.25) is 5.91 Å². The maximum absolute atomic E-state index is 12.7. The monoisotopic (exact) mass is 356 g/mol. The van der Waals surface area contributed by atoms with Gasteiger partial charge < -0.3 is 19.4 Å². The lowest BCUT2D eigenvalue weighted by atomic mass is 10.1. The van der Waals surface area contributed by atoms with E-state index in [0.717, 1.165) is 29.7 Å². The Labute approximate surface area is 153 Å². The van der Waals surface area contributed by atoms with Crippen molar-refractivity contribution in [1.29, 1.82) is 0 Å². The van der Waals surface area contributed by atoms with Crippen LogP contribution in [0.2, 0.25) is 0 Å². The summed E-state index contributed by atoms with van der Waals surface area (Å²) in [5.74, 6) is -0.459. The number of anilines is 1. The van der Waals surface area contributed by atoms with Gasteiger partial charge in [-0.05, 0) is 49.9 Å². The highest BCUT2D eigenvalue weighted by Crippen LogP contribution is 2.19. The van der Waals surface area contributed by atoms with Gasteiger partial charge in [0.05, 0.1) is 17.9 Å². The topological polar surface area (TPSA) is 71.8 Å². The minimum absolute atomic E-state index is 0.0284. The molecule has 1 aromatic carbocycles. The minimum atomic E-state index is -0.231. The molecule has 0 saturated carbocycles. The summed E-state index contributed by atoms with van der Waals surface area (Å²) in [6.45, 7) is 5.03. The molecule has 6 nitrogen and oxygen atoms in total. The van der Waals surface area contributed by atoms with Gasteiger partial charge in [-0.3, -0.25) is 9.59 Å². The summed E-state index contributed by atoms with van der Waals surface area (Å²) in [7, 11) is 0. The van der Waals surface area contributed by atoms with Crippen LogP contribution in [0.4, 0.5) is 5.69 Å². The molecule has 0 aliphatic carbocycles. The van der Waals surface area contributed by atoms with Gasteiger partial charge in [0.15, 0.2) is 0 Å². The summed E-state index contributed by atoms with van der Waals surface area (Å²) in [6, 6.07) is 7.37. The molecule has 1 aliphatic heterocycles. The Kier molecular flexibility index (Phi) is 5.73. The molecule has 2 aromatic rings. The standard InChI is InChI=1S/C20H24N2O4/c1-14-5-3-7-18(15(14)2)21-19(23)12-22(11-17-6-4-9-26-17)20(24)16-8-10-25-13-16/h3,5,7-8,10,13,17H,4,6,9,11-12H2,1-2H3,(H,21,23). The maximum atomic E-state index is 12.7. The molecule has 138 valence electrons. The largest absolute Gasteiger partial charge is 0.472 e. The van der Waals surface area contributed by atoms with E-state index in [2.05, 4.69) is 5.32 Å². The molecule has 1 unspecified atom stereocenters. The van der Waals surface area contributed by atoms with Crippen LogP contribution in [0.1, 0.15) is 34.3 Å². The van der Waals surface area contributed by atoms with E-state index in [0.29, 0.717) is 18.7 Å². The van der Waals surface area contributed by atoms with Crippen molar-refractivity contribution in [3.63, 3.8) is 0 Å². The molecule has 2 amide bonds. The molecule has 1 aromatic heterocycles. The van der Waals surface area contributed by atoms with E-state index in [4.69, 9.17) is 9.15 Å². The SMILES string of the molecule is Cc1cccc(NC(=O)CN(CC2CCCO2)C(=O)c2ccoc2)c1C. The van der Waals surface area contributed by atoms with Crippen LogP contribution in [-0.4, -0.2) is 42.5 Å². The average Bonchev–Trinajstić information content (AvgIpc) is 3.31. The number of amides is 2. The number of carbonyl (C=O) groups is 2. The fraction of sp³-hybridized carbons (Fsp3) is 0.400. The van der Waals surface area contributed by atoms with Crippen LogP contribution in [0.5, 0.6) is 0 Å². The minimum Gasteiger partial charge on any atom is -0.472 e.